The van der Waals surface area contributed by atoms with Crippen molar-refractivity contribution in [3.05, 3.63) is 0 Å². The SMILES string of the molecule is FC(F)(F)[C@@H]1CCCN1C1CC1. The van der Waals surface area contributed by atoms with E-state index >= 15 is 0 Å². The number of halogens is 3. The fourth-order valence-electron chi connectivity index (χ4n) is 1.98. The zero-order valence-electron chi connectivity index (χ0n) is 6.77. The predicted molar refractivity (Wildman–Crippen MR) is 38.8 cm³/mol. The minimum absolute atomic E-state index is 0.249. The Labute approximate surface area is 69.5 Å². The second-order valence-corrected chi connectivity index (χ2v) is 3.67. The minimum Gasteiger partial charge on any atom is -0.289 e. The zero-order valence-corrected chi connectivity index (χ0v) is 6.77. The third-order valence-corrected chi connectivity index (χ3v) is 2.69. The summed E-state index contributed by atoms with van der Waals surface area (Å²) < 4.78 is 37.1. The third kappa shape index (κ3) is 1.44. The highest BCUT2D eigenvalue weighted by Crippen LogP contribution is 2.39. The van der Waals surface area contributed by atoms with Crippen LogP contribution in [0.15, 0.2) is 0 Å². The molecule has 2 rings (SSSR count). The smallest absolute Gasteiger partial charge is 0.289 e. The Morgan fingerprint density at radius 3 is 2.25 bits per heavy atom. The summed E-state index contributed by atoms with van der Waals surface area (Å²) in [6, 6.07) is -0.885. The predicted octanol–water partition coefficient (Wildman–Crippen LogP) is 2.18. The van der Waals surface area contributed by atoms with Crippen molar-refractivity contribution in [1.82, 2.24) is 4.90 Å². The van der Waals surface area contributed by atoms with Crippen molar-refractivity contribution in [3.63, 3.8) is 0 Å². The summed E-state index contributed by atoms with van der Waals surface area (Å²) in [5.74, 6) is 0. The van der Waals surface area contributed by atoms with Crippen molar-refractivity contribution in [1.29, 1.82) is 0 Å². The fourth-order valence-corrected chi connectivity index (χ4v) is 1.98. The first-order valence-electron chi connectivity index (χ1n) is 4.41. The molecule has 0 aromatic carbocycles. The molecule has 1 aliphatic carbocycles. The molecule has 0 N–H and O–H groups in total. The normalized spacial score (nSPS) is 32.8. The van der Waals surface area contributed by atoms with Gasteiger partial charge in [-0.2, -0.15) is 13.2 Å². The standard InChI is InChI=1S/C8H12F3N/c9-8(10,11)7-2-1-5-12(7)6-3-4-6/h6-7H,1-5H2/t7-/m0/s1. The summed E-state index contributed by atoms with van der Waals surface area (Å²) >= 11 is 0. The van der Waals surface area contributed by atoms with E-state index < -0.39 is 12.2 Å². The van der Waals surface area contributed by atoms with E-state index in [0.29, 0.717) is 19.4 Å². The summed E-state index contributed by atoms with van der Waals surface area (Å²) in [5.41, 5.74) is 0. The van der Waals surface area contributed by atoms with Crippen molar-refractivity contribution in [3.8, 4) is 0 Å². The molecule has 0 spiro atoms. The van der Waals surface area contributed by atoms with E-state index in [1.165, 1.54) is 0 Å². The third-order valence-electron chi connectivity index (χ3n) is 2.69. The van der Waals surface area contributed by atoms with E-state index in [-0.39, 0.29) is 6.04 Å². The lowest BCUT2D eigenvalue weighted by Gasteiger charge is -2.25. The Kier molecular flexibility index (Phi) is 1.82. The van der Waals surface area contributed by atoms with Crippen LogP contribution in [0.1, 0.15) is 25.7 Å². The molecule has 1 aliphatic heterocycles. The van der Waals surface area contributed by atoms with Crippen LogP contribution in [-0.2, 0) is 0 Å². The number of nitrogens with zero attached hydrogens (tertiary/aromatic N) is 1. The van der Waals surface area contributed by atoms with Crippen molar-refractivity contribution in [2.24, 2.45) is 0 Å². The van der Waals surface area contributed by atoms with Crippen LogP contribution >= 0.6 is 0 Å². The van der Waals surface area contributed by atoms with Gasteiger partial charge in [0.2, 0.25) is 0 Å². The molecular formula is C8H12F3N. The van der Waals surface area contributed by atoms with Gasteiger partial charge in [-0.3, -0.25) is 4.90 Å². The van der Waals surface area contributed by atoms with Gasteiger partial charge in [-0.1, -0.05) is 0 Å². The molecule has 1 nitrogen and oxygen atoms in total. The molecule has 2 fully saturated rings. The van der Waals surface area contributed by atoms with Crippen LogP contribution in [0, 0.1) is 0 Å². The van der Waals surface area contributed by atoms with Gasteiger partial charge >= 0.3 is 6.18 Å². The number of likely N-dealkylation sites (tertiary alicyclic amines) is 1. The lowest BCUT2D eigenvalue weighted by atomic mass is 10.2. The van der Waals surface area contributed by atoms with Crippen LogP contribution in [0.2, 0.25) is 0 Å². The van der Waals surface area contributed by atoms with E-state index in [9.17, 15) is 13.2 Å². The zero-order chi connectivity index (χ0) is 8.77. The molecule has 1 heterocycles. The fraction of sp³-hybridized carbons (Fsp3) is 1.00. The molecule has 1 saturated carbocycles. The first-order chi connectivity index (χ1) is 5.59. The quantitative estimate of drug-likeness (QED) is 0.596. The van der Waals surface area contributed by atoms with E-state index in [2.05, 4.69) is 0 Å². The second-order valence-electron chi connectivity index (χ2n) is 3.67. The van der Waals surface area contributed by atoms with Gasteiger partial charge in [0.05, 0.1) is 0 Å². The van der Waals surface area contributed by atoms with Crippen LogP contribution in [0.5, 0.6) is 0 Å². The van der Waals surface area contributed by atoms with Crippen molar-refractivity contribution >= 4 is 0 Å². The Hall–Kier alpha value is -0.250. The van der Waals surface area contributed by atoms with Gasteiger partial charge < -0.3 is 0 Å². The summed E-state index contributed by atoms with van der Waals surface area (Å²) in [5, 5.41) is 0. The lowest BCUT2D eigenvalue weighted by molar-refractivity contribution is -0.177. The molecule has 0 bridgehead atoms. The van der Waals surface area contributed by atoms with Crippen LogP contribution in [0.4, 0.5) is 13.2 Å². The molecule has 0 aromatic heterocycles. The topological polar surface area (TPSA) is 3.24 Å². The van der Waals surface area contributed by atoms with Crippen molar-refractivity contribution < 1.29 is 13.2 Å². The maximum absolute atomic E-state index is 12.4. The second kappa shape index (κ2) is 2.62. The van der Waals surface area contributed by atoms with E-state index in [1.54, 1.807) is 4.90 Å². The van der Waals surface area contributed by atoms with Crippen molar-refractivity contribution in [2.75, 3.05) is 6.54 Å². The van der Waals surface area contributed by atoms with Gasteiger partial charge in [0.1, 0.15) is 6.04 Å². The molecule has 70 valence electrons. The average Bonchev–Trinajstić information content (AvgIpc) is 2.65. The van der Waals surface area contributed by atoms with Gasteiger partial charge in [0, 0.05) is 6.04 Å². The Morgan fingerprint density at radius 2 is 1.75 bits per heavy atom. The number of hydrogen-bond donors (Lipinski definition) is 0. The van der Waals surface area contributed by atoms with Gasteiger partial charge in [0.15, 0.2) is 0 Å². The molecule has 2 aliphatic rings. The molecule has 0 unspecified atom stereocenters. The molecule has 1 saturated heterocycles. The maximum Gasteiger partial charge on any atom is 0.404 e. The summed E-state index contributed by atoms with van der Waals surface area (Å²) in [6.07, 6.45) is -1.06. The van der Waals surface area contributed by atoms with Gasteiger partial charge in [-0.15, -0.1) is 0 Å². The van der Waals surface area contributed by atoms with E-state index in [0.717, 1.165) is 12.8 Å². The summed E-state index contributed by atoms with van der Waals surface area (Å²) in [6.45, 7) is 0.648. The molecule has 4 heteroatoms. The highest BCUT2D eigenvalue weighted by molar-refractivity contribution is 4.94. The average molecular weight is 179 g/mol. The number of rotatable bonds is 1. The van der Waals surface area contributed by atoms with Gasteiger partial charge in [-0.05, 0) is 32.2 Å². The number of alkyl halides is 3. The number of hydrogen-bond acceptors (Lipinski definition) is 1. The van der Waals surface area contributed by atoms with Crippen LogP contribution in [-0.4, -0.2) is 29.7 Å². The Morgan fingerprint density at radius 1 is 1.08 bits per heavy atom. The maximum atomic E-state index is 12.4. The highest BCUT2D eigenvalue weighted by atomic mass is 19.4. The lowest BCUT2D eigenvalue weighted by Crippen LogP contribution is -2.42. The van der Waals surface area contributed by atoms with Gasteiger partial charge in [-0.25, -0.2) is 0 Å². The summed E-state index contributed by atoms with van der Waals surface area (Å²) in [7, 11) is 0. The Bertz CT molecular complexity index is 174. The molecule has 0 radical (unpaired) electrons. The molecular weight excluding hydrogens is 167 g/mol. The molecule has 0 amide bonds. The van der Waals surface area contributed by atoms with Gasteiger partial charge in [0.25, 0.3) is 0 Å². The Balaban J connectivity index is 2.03. The van der Waals surface area contributed by atoms with E-state index in [4.69, 9.17) is 0 Å². The first-order valence-corrected chi connectivity index (χ1v) is 4.41. The minimum atomic E-state index is -4.00. The largest absolute Gasteiger partial charge is 0.404 e. The highest BCUT2D eigenvalue weighted by Gasteiger charge is 2.49. The van der Waals surface area contributed by atoms with E-state index in [1.807, 2.05) is 0 Å². The monoisotopic (exact) mass is 179 g/mol. The molecule has 1 atom stereocenters. The summed E-state index contributed by atoms with van der Waals surface area (Å²) in [4.78, 5) is 1.64. The first kappa shape index (κ1) is 8.35. The van der Waals surface area contributed by atoms with Crippen LogP contribution < -0.4 is 0 Å². The molecule has 12 heavy (non-hydrogen) atoms. The van der Waals surface area contributed by atoms with Crippen LogP contribution in [0.25, 0.3) is 0 Å². The van der Waals surface area contributed by atoms with Crippen LogP contribution in [0.3, 0.4) is 0 Å². The van der Waals surface area contributed by atoms with Crippen molar-refractivity contribution in [2.45, 2.75) is 43.9 Å². The molecule has 0 aromatic rings.